The number of amides is 2. The molecule has 0 radical (unpaired) electrons. The summed E-state index contributed by atoms with van der Waals surface area (Å²) in [6.45, 7) is 0.713. The summed E-state index contributed by atoms with van der Waals surface area (Å²) in [6, 6.07) is 9.14. The zero-order chi connectivity index (χ0) is 16.9. The van der Waals surface area contributed by atoms with Gasteiger partial charge < -0.3 is 15.0 Å². The lowest BCUT2D eigenvalue weighted by atomic mass is 9.89. The van der Waals surface area contributed by atoms with Gasteiger partial charge in [-0.3, -0.25) is 9.59 Å². The monoisotopic (exact) mass is 330 g/mol. The smallest absolute Gasteiger partial charge is 0.253 e. The number of benzene rings is 1. The van der Waals surface area contributed by atoms with Gasteiger partial charge in [-0.15, -0.1) is 0 Å². The molecule has 0 bridgehead atoms. The predicted octanol–water partition coefficient (Wildman–Crippen LogP) is 2.28. The maximum atomic E-state index is 12.9. The van der Waals surface area contributed by atoms with Crippen LogP contribution in [0.25, 0.3) is 0 Å². The van der Waals surface area contributed by atoms with Crippen LogP contribution in [0.5, 0.6) is 0 Å². The van der Waals surface area contributed by atoms with Crippen LogP contribution < -0.4 is 5.32 Å². The molecule has 5 nitrogen and oxygen atoms in total. The van der Waals surface area contributed by atoms with Crippen molar-refractivity contribution in [2.75, 3.05) is 20.2 Å². The fraction of sp³-hybridized carbons (Fsp3) is 0.579. The summed E-state index contributed by atoms with van der Waals surface area (Å²) in [5.41, 5.74) is 0.898. The van der Waals surface area contributed by atoms with E-state index in [-0.39, 0.29) is 18.4 Å². The molecule has 1 saturated carbocycles. The van der Waals surface area contributed by atoms with Crippen LogP contribution in [-0.2, 0) is 14.3 Å². The molecule has 1 saturated heterocycles. The topological polar surface area (TPSA) is 58.6 Å². The number of nitrogens with one attached hydrogen (secondary N) is 1. The number of rotatable bonds is 4. The quantitative estimate of drug-likeness (QED) is 0.921. The van der Waals surface area contributed by atoms with Gasteiger partial charge >= 0.3 is 0 Å². The maximum Gasteiger partial charge on any atom is 0.253 e. The van der Waals surface area contributed by atoms with E-state index in [9.17, 15) is 9.59 Å². The second-order valence-electron chi connectivity index (χ2n) is 6.91. The minimum atomic E-state index is -0.654. The molecule has 2 aliphatic rings. The molecule has 0 unspecified atom stereocenters. The van der Waals surface area contributed by atoms with Crippen LogP contribution in [0, 0.1) is 5.92 Å². The van der Waals surface area contributed by atoms with Gasteiger partial charge in [0.05, 0.1) is 6.04 Å². The first-order chi connectivity index (χ1) is 11.6. The molecule has 2 amide bonds. The number of carbonyl (C=O) groups is 2. The Morgan fingerprint density at radius 1 is 1.21 bits per heavy atom. The summed E-state index contributed by atoms with van der Waals surface area (Å²) in [5.74, 6) is 0.360. The second kappa shape index (κ2) is 7.79. The zero-order valence-corrected chi connectivity index (χ0v) is 14.2. The Bertz CT molecular complexity index is 569. The summed E-state index contributed by atoms with van der Waals surface area (Å²) in [5, 5.41) is 2.91. The van der Waals surface area contributed by atoms with E-state index < -0.39 is 12.1 Å². The minimum Gasteiger partial charge on any atom is -0.356 e. The zero-order valence-electron chi connectivity index (χ0n) is 14.2. The first kappa shape index (κ1) is 17.0. The number of hydrogen-bond donors (Lipinski definition) is 1. The van der Waals surface area contributed by atoms with Crippen molar-refractivity contribution in [1.29, 1.82) is 0 Å². The fourth-order valence-corrected chi connectivity index (χ4v) is 3.75. The summed E-state index contributed by atoms with van der Waals surface area (Å²) in [6.07, 6.45) is 5.56. The molecule has 2 atom stereocenters. The molecule has 24 heavy (non-hydrogen) atoms. The van der Waals surface area contributed by atoms with Gasteiger partial charge in [-0.05, 0) is 24.3 Å². The van der Waals surface area contributed by atoms with Crippen LogP contribution in [0.3, 0.4) is 0 Å². The molecular formula is C19H26N2O3. The van der Waals surface area contributed by atoms with E-state index in [0.717, 1.165) is 12.1 Å². The van der Waals surface area contributed by atoms with E-state index in [4.69, 9.17) is 4.74 Å². The SMILES string of the molecule is CN(CC1CCCCC1)C(=O)[C@H]1OCC(=O)N[C@@H]1c1ccccc1. The molecular weight excluding hydrogens is 304 g/mol. The Hall–Kier alpha value is -1.88. The molecule has 3 rings (SSSR count). The van der Waals surface area contributed by atoms with Gasteiger partial charge in [0.1, 0.15) is 6.61 Å². The van der Waals surface area contributed by atoms with Crippen molar-refractivity contribution in [3.05, 3.63) is 35.9 Å². The first-order valence-corrected chi connectivity index (χ1v) is 8.86. The molecule has 1 aliphatic heterocycles. The molecule has 1 heterocycles. The Kier molecular flexibility index (Phi) is 5.51. The van der Waals surface area contributed by atoms with E-state index in [2.05, 4.69) is 5.32 Å². The third-order valence-electron chi connectivity index (χ3n) is 5.05. The van der Waals surface area contributed by atoms with Gasteiger partial charge in [0, 0.05) is 13.6 Å². The molecule has 130 valence electrons. The molecule has 1 N–H and O–H groups in total. The molecule has 2 fully saturated rings. The Balaban J connectivity index is 1.69. The number of likely N-dealkylation sites (N-methyl/N-ethyl adjacent to an activating group) is 1. The van der Waals surface area contributed by atoms with E-state index in [1.54, 1.807) is 4.90 Å². The molecule has 1 aromatic carbocycles. The van der Waals surface area contributed by atoms with Gasteiger partial charge in [0.25, 0.3) is 5.91 Å². The normalized spacial score (nSPS) is 25.1. The van der Waals surface area contributed by atoms with Gasteiger partial charge in [0.2, 0.25) is 5.91 Å². The van der Waals surface area contributed by atoms with Crippen LogP contribution >= 0.6 is 0 Å². The average molecular weight is 330 g/mol. The van der Waals surface area contributed by atoms with Gasteiger partial charge in [-0.2, -0.15) is 0 Å². The lowest BCUT2D eigenvalue weighted by Gasteiger charge is -2.35. The van der Waals surface area contributed by atoms with Crippen molar-refractivity contribution < 1.29 is 14.3 Å². The van der Waals surface area contributed by atoms with Crippen molar-refractivity contribution in [3.8, 4) is 0 Å². The van der Waals surface area contributed by atoms with E-state index in [1.807, 2.05) is 37.4 Å². The largest absolute Gasteiger partial charge is 0.356 e. The number of ether oxygens (including phenoxy) is 1. The van der Waals surface area contributed by atoms with Crippen LogP contribution in [0.1, 0.15) is 43.7 Å². The van der Waals surface area contributed by atoms with Crippen molar-refractivity contribution in [1.82, 2.24) is 10.2 Å². The second-order valence-corrected chi connectivity index (χ2v) is 6.91. The third kappa shape index (κ3) is 3.96. The van der Waals surface area contributed by atoms with Gasteiger partial charge in [-0.25, -0.2) is 0 Å². The van der Waals surface area contributed by atoms with Crippen LogP contribution in [0.4, 0.5) is 0 Å². The Morgan fingerprint density at radius 3 is 2.62 bits per heavy atom. The van der Waals surface area contributed by atoms with Gasteiger partial charge in [0.15, 0.2) is 6.10 Å². The van der Waals surface area contributed by atoms with E-state index in [0.29, 0.717) is 5.92 Å². The molecule has 0 aromatic heterocycles. The summed E-state index contributed by atoms with van der Waals surface area (Å²) < 4.78 is 5.63. The molecule has 5 heteroatoms. The molecule has 1 aromatic rings. The van der Waals surface area contributed by atoms with Crippen LogP contribution in [0.15, 0.2) is 30.3 Å². The summed E-state index contributed by atoms with van der Waals surface area (Å²) >= 11 is 0. The number of morpholine rings is 1. The molecule has 1 aliphatic carbocycles. The third-order valence-corrected chi connectivity index (χ3v) is 5.05. The average Bonchev–Trinajstić information content (AvgIpc) is 2.62. The first-order valence-electron chi connectivity index (χ1n) is 8.86. The van der Waals surface area contributed by atoms with Crippen molar-refractivity contribution >= 4 is 11.8 Å². The number of hydrogen-bond acceptors (Lipinski definition) is 3. The van der Waals surface area contributed by atoms with Crippen molar-refractivity contribution in [2.45, 2.75) is 44.2 Å². The summed E-state index contributed by atoms with van der Waals surface area (Å²) in [7, 11) is 1.85. The fourth-order valence-electron chi connectivity index (χ4n) is 3.75. The number of nitrogens with zero attached hydrogens (tertiary/aromatic N) is 1. The lowest BCUT2D eigenvalue weighted by molar-refractivity contribution is -0.154. The highest BCUT2D eigenvalue weighted by Gasteiger charge is 2.37. The highest BCUT2D eigenvalue weighted by molar-refractivity contribution is 5.86. The van der Waals surface area contributed by atoms with E-state index in [1.165, 1.54) is 32.1 Å². The highest BCUT2D eigenvalue weighted by Crippen LogP contribution is 2.27. The number of carbonyl (C=O) groups excluding carboxylic acids is 2. The molecule has 0 spiro atoms. The van der Waals surface area contributed by atoms with Crippen LogP contribution in [0.2, 0.25) is 0 Å². The van der Waals surface area contributed by atoms with E-state index >= 15 is 0 Å². The Morgan fingerprint density at radius 2 is 1.92 bits per heavy atom. The standard InChI is InChI=1S/C19H26N2O3/c1-21(12-14-8-4-2-5-9-14)19(23)18-17(20-16(22)13-24-18)15-10-6-3-7-11-15/h3,6-7,10-11,14,17-18H,2,4-5,8-9,12-13H2,1H3,(H,20,22)/t17-,18+/m1/s1. The maximum absolute atomic E-state index is 12.9. The van der Waals surface area contributed by atoms with Crippen molar-refractivity contribution in [3.63, 3.8) is 0 Å². The summed E-state index contributed by atoms with van der Waals surface area (Å²) in [4.78, 5) is 26.4. The minimum absolute atomic E-state index is 0.0468. The van der Waals surface area contributed by atoms with Crippen molar-refractivity contribution in [2.24, 2.45) is 5.92 Å². The Labute approximate surface area is 143 Å². The lowest BCUT2D eigenvalue weighted by Crippen LogP contribution is -2.53. The van der Waals surface area contributed by atoms with Gasteiger partial charge in [-0.1, -0.05) is 49.6 Å². The highest BCUT2D eigenvalue weighted by atomic mass is 16.5. The van der Waals surface area contributed by atoms with Crippen LogP contribution in [-0.4, -0.2) is 43.0 Å². The predicted molar refractivity (Wildman–Crippen MR) is 91.3 cm³/mol.